The maximum atomic E-state index is 11.1. The van der Waals surface area contributed by atoms with Gasteiger partial charge in [-0.05, 0) is 24.1 Å². The number of benzene rings is 1. The number of ether oxygens (including phenoxy) is 1. The zero-order valence-corrected chi connectivity index (χ0v) is 19.4. The van der Waals surface area contributed by atoms with Crippen molar-refractivity contribution in [3.63, 3.8) is 0 Å². The van der Waals surface area contributed by atoms with Gasteiger partial charge in [0.2, 0.25) is 5.91 Å². The van der Waals surface area contributed by atoms with Gasteiger partial charge in [0.15, 0.2) is 5.96 Å². The molecule has 1 amide bonds. The number of halogens is 1. The van der Waals surface area contributed by atoms with E-state index in [1.54, 1.807) is 7.05 Å². The number of nitrogens with one attached hydrogen (secondary N) is 2. The first-order valence-corrected chi connectivity index (χ1v) is 9.49. The Morgan fingerprint density at radius 1 is 1.41 bits per heavy atom. The molecule has 158 valence electrons. The number of carbonyl (C=O) groups excluding carboxylic acids is 1. The van der Waals surface area contributed by atoms with E-state index in [4.69, 9.17) is 4.74 Å². The summed E-state index contributed by atoms with van der Waals surface area (Å²) >= 11 is 0. The van der Waals surface area contributed by atoms with E-state index >= 15 is 0 Å². The molecule has 1 aromatic heterocycles. The summed E-state index contributed by atoms with van der Waals surface area (Å²) in [6, 6.07) is 7.38. The Labute approximate surface area is 188 Å². The number of aromatic nitrogens is 2. The van der Waals surface area contributed by atoms with E-state index in [-0.39, 0.29) is 29.9 Å². The van der Waals surface area contributed by atoms with Crippen LogP contribution in [0.1, 0.15) is 24.8 Å². The summed E-state index contributed by atoms with van der Waals surface area (Å²) in [5.41, 5.74) is 2.01. The van der Waals surface area contributed by atoms with Crippen LogP contribution in [0.4, 0.5) is 5.69 Å². The lowest BCUT2D eigenvalue weighted by Crippen LogP contribution is -2.41. The lowest BCUT2D eigenvalue weighted by molar-refractivity contribution is -0.114. The molecule has 0 saturated carbocycles. The lowest BCUT2D eigenvalue weighted by Gasteiger charge is -2.21. The van der Waals surface area contributed by atoms with E-state index in [2.05, 4.69) is 31.8 Å². The van der Waals surface area contributed by atoms with E-state index in [1.807, 2.05) is 42.2 Å². The molecule has 1 aliphatic rings. The summed E-state index contributed by atoms with van der Waals surface area (Å²) < 4.78 is 7.63. The van der Waals surface area contributed by atoms with Crippen LogP contribution in [0.15, 0.2) is 41.7 Å². The molecule has 0 spiro atoms. The van der Waals surface area contributed by atoms with Gasteiger partial charge in [-0.25, -0.2) is 0 Å². The summed E-state index contributed by atoms with van der Waals surface area (Å²) in [5.74, 6) is 2.00. The van der Waals surface area contributed by atoms with E-state index in [0.29, 0.717) is 19.1 Å². The number of nitrogens with zero attached hydrogens (tertiary/aromatic N) is 4. The summed E-state index contributed by atoms with van der Waals surface area (Å²) in [6.45, 7) is 4.54. The molecule has 0 bridgehead atoms. The Morgan fingerprint density at radius 3 is 2.93 bits per heavy atom. The van der Waals surface area contributed by atoms with Crippen LogP contribution in [0.25, 0.3) is 0 Å². The molecule has 1 fully saturated rings. The first-order valence-electron chi connectivity index (χ1n) is 9.49. The average Bonchev–Trinajstić information content (AvgIpc) is 3.31. The number of hydrogen-bond acceptors (Lipinski definition) is 4. The van der Waals surface area contributed by atoms with Crippen molar-refractivity contribution in [2.75, 3.05) is 38.6 Å². The Hall–Kier alpha value is -2.30. The minimum Gasteiger partial charge on any atom is -0.492 e. The molecule has 0 aliphatic carbocycles. The second-order valence-corrected chi connectivity index (χ2v) is 6.91. The lowest BCUT2D eigenvalue weighted by atomic mass is 10.0. The van der Waals surface area contributed by atoms with Gasteiger partial charge in [0, 0.05) is 58.0 Å². The third-order valence-electron chi connectivity index (χ3n) is 4.70. The molecule has 2 heterocycles. The Kier molecular flexibility index (Phi) is 8.74. The fourth-order valence-electron chi connectivity index (χ4n) is 3.41. The predicted molar refractivity (Wildman–Crippen MR) is 125 cm³/mol. The minimum atomic E-state index is -0.0992. The van der Waals surface area contributed by atoms with Crippen molar-refractivity contribution in [2.45, 2.75) is 19.3 Å². The molecule has 1 aliphatic heterocycles. The number of likely N-dealkylation sites (tertiary alicyclic amines) is 1. The molecular formula is C20H29IN6O2. The maximum absolute atomic E-state index is 11.1. The molecule has 29 heavy (non-hydrogen) atoms. The van der Waals surface area contributed by atoms with E-state index < -0.39 is 0 Å². The number of hydrogen-bond donors (Lipinski definition) is 2. The second-order valence-electron chi connectivity index (χ2n) is 6.91. The molecule has 8 nitrogen and oxygen atoms in total. The van der Waals surface area contributed by atoms with Crippen molar-refractivity contribution >= 4 is 41.5 Å². The van der Waals surface area contributed by atoms with E-state index in [1.165, 1.54) is 12.5 Å². The Bertz CT molecular complexity index is 838. The van der Waals surface area contributed by atoms with Crippen LogP contribution in [0, 0.1) is 0 Å². The zero-order valence-electron chi connectivity index (χ0n) is 17.1. The summed E-state index contributed by atoms with van der Waals surface area (Å²) in [4.78, 5) is 17.8. The molecule has 1 saturated heterocycles. The van der Waals surface area contributed by atoms with Crippen molar-refractivity contribution in [3.05, 3.63) is 42.2 Å². The molecule has 1 atom stereocenters. The van der Waals surface area contributed by atoms with Crippen LogP contribution < -0.4 is 15.4 Å². The minimum absolute atomic E-state index is 0. The van der Waals surface area contributed by atoms with Crippen molar-refractivity contribution in [1.29, 1.82) is 0 Å². The van der Waals surface area contributed by atoms with Crippen molar-refractivity contribution in [1.82, 2.24) is 20.0 Å². The second kappa shape index (κ2) is 11.0. The zero-order chi connectivity index (χ0) is 19.9. The molecule has 2 aromatic rings. The van der Waals surface area contributed by atoms with Gasteiger partial charge in [-0.2, -0.15) is 5.10 Å². The SMILES string of the molecule is CN=C(NCCOc1cccc(NC(C)=O)c1)N1CCC(c2cnn(C)c2)C1.I. The normalized spacial score (nSPS) is 16.3. The molecule has 3 rings (SSSR count). The number of guanidine groups is 1. The van der Waals surface area contributed by atoms with E-state index in [0.717, 1.165) is 36.9 Å². The number of carbonyl (C=O) groups is 1. The van der Waals surface area contributed by atoms with Gasteiger partial charge in [0.25, 0.3) is 0 Å². The monoisotopic (exact) mass is 512 g/mol. The topological polar surface area (TPSA) is 83.8 Å². The van der Waals surface area contributed by atoms with Crippen LogP contribution in [0.3, 0.4) is 0 Å². The molecule has 2 N–H and O–H groups in total. The summed E-state index contributed by atoms with van der Waals surface area (Å²) in [7, 11) is 3.75. The average molecular weight is 512 g/mol. The maximum Gasteiger partial charge on any atom is 0.221 e. The van der Waals surface area contributed by atoms with Gasteiger partial charge < -0.3 is 20.3 Å². The number of rotatable bonds is 6. The highest BCUT2D eigenvalue weighted by molar-refractivity contribution is 14.0. The van der Waals surface area contributed by atoms with Gasteiger partial charge in [-0.1, -0.05) is 6.07 Å². The van der Waals surface area contributed by atoms with Crippen LogP contribution in [-0.2, 0) is 11.8 Å². The first kappa shape index (κ1) is 23.0. The predicted octanol–water partition coefficient (Wildman–Crippen LogP) is 2.44. The van der Waals surface area contributed by atoms with Crippen LogP contribution in [0.5, 0.6) is 5.75 Å². The highest BCUT2D eigenvalue weighted by atomic mass is 127. The largest absolute Gasteiger partial charge is 0.492 e. The molecule has 0 radical (unpaired) electrons. The number of anilines is 1. The third kappa shape index (κ3) is 6.62. The first-order chi connectivity index (χ1) is 13.5. The standard InChI is InChI=1S/C20H28N6O2.HI/c1-15(27)24-18-5-4-6-19(11-18)28-10-8-22-20(21-2)26-9-7-16(14-26)17-12-23-25(3)13-17;/h4-6,11-13,16H,7-10,14H2,1-3H3,(H,21,22)(H,24,27);1H. The summed E-state index contributed by atoms with van der Waals surface area (Å²) in [6.07, 6.45) is 5.14. The highest BCUT2D eigenvalue weighted by Gasteiger charge is 2.26. The highest BCUT2D eigenvalue weighted by Crippen LogP contribution is 2.26. The van der Waals surface area contributed by atoms with Gasteiger partial charge in [0.05, 0.1) is 12.7 Å². The Morgan fingerprint density at radius 2 is 2.24 bits per heavy atom. The number of aryl methyl sites for hydroxylation is 1. The molecule has 9 heteroatoms. The number of amides is 1. The molecule has 1 aromatic carbocycles. The fraction of sp³-hybridized carbons (Fsp3) is 0.450. The van der Waals surface area contributed by atoms with Crippen LogP contribution in [0.2, 0.25) is 0 Å². The quantitative estimate of drug-likeness (QED) is 0.269. The van der Waals surface area contributed by atoms with Crippen LogP contribution in [-0.4, -0.2) is 59.8 Å². The van der Waals surface area contributed by atoms with Gasteiger partial charge in [0.1, 0.15) is 12.4 Å². The third-order valence-corrected chi connectivity index (χ3v) is 4.70. The van der Waals surface area contributed by atoms with Gasteiger partial charge in [-0.3, -0.25) is 14.5 Å². The fourth-order valence-corrected chi connectivity index (χ4v) is 3.41. The van der Waals surface area contributed by atoms with Crippen LogP contribution >= 0.6 is 24.0 Å². The molecule has 1 unspecified atom stereocenters. The smallest absolute Gasteiger partial charge is 0.221 e. The van der Waals surface area contributed by atoms with Gasteiger partial charge >= 0.3 is 0 Å². The van der Waals surface area contributed by atoms with Crippen molar-refractivity contribution in [2.24, 2.45) is 12.0 Å². The molecular weight excluding hydrogens is 483 g/mol. The van der Waals surface area contributed by atoms with Gasteiger partial charge in [-0.15, -0.1) is 24.0 Å². The number of aliphatic imine (C=N–C) groups is 1. The van der Waals surface area contributed by atoms with Crippen molar-refractivity contribution in [3.8, 4) is 5.75 Å². The van der Waals surface area contributed by atoms with Crippen molar-refractivity contribution < 1.29 is 9.53 Å². The Balaban J connectivity index is 0.00000300. The van der Waals surface area contributed by atoms with E-state index in [9.17, 15) is 4.79 Å². The summed E-state index contributed by atoms with van der Waals surface area (Å²) in [5, 5.41) is 10.4.